The van der Waals surface area contributed by atoms with Crippen LogP contribution in [-0.4, -0.2) is 30.9 Å². The predicted molar refractivity (Wildman–Crippen MR) is 78.8 cm³/mol. The van der Waals surface area contributed by atoms with Gasteiger partial charge in [0.2, 0.25) is 5.91 Å². The zero-order valence-electron chi connectivity index (χ0n) is 10.4. The molecule has 0 bridgehead atoms. The van der Waals surface area contributed by atoms with Gasteiger partial charge in [0.05, 0.1) is 6.54 Å². The Bertz CT molecular complexity index is 351. The van der Waals surface area contributed by atoms with Crippen LogP contribution in [0.4, 0.5) is 0 Å². The molecule has 1 amide bonds. The summed E-state index contributed by atoms with van der Waals surface area (Å²) in [5.41, 5.74) is 1.25. The maximum absolute atomic E-state index is 11.4. The van der Waals surface area contributed by atoms with E-state index in [4.69, 9.17) is 0 Å². The number of benzene rings is 1. The van der Waals surface area contributed by atoms with Crippen LogP contribution in [0.15, 0.2) is 24.3 Å². The van der Waals surface area contributed by atoms with E-state index < -0.39 is 0 Å². The molecular weight excluding hydrogens is 327 g/mol. The molecule has 4 heteroatoms. The summed E-state index contributed by atoms with van der Waals surface area (Å²) in [6, 6.07) is 8.43. The minimum atomic E-state index is 0.0731. The van der Waals surface area contributed by atoms with E-state index in [1.54, 1.807) is 7.05 Å². The van der Waals surface area contributed by atoms with E-state index >= 15 is 0 Å². The summed E-state index contributed by atoms with van der Waals surface area (Å²) in [5.74, 6) is 0.0731. The fourth-order valence-electron chi connectivity index (χ4n) is 1.66. The molecule has 0 aliphatic heterocycles. The second-order valence-electron chi connectivity index (χ2n) is 4.01. The molecule has 1 N–H and O–H groups in total. The van der Waals surface area contributed by atoms with Gasteiger partial charge in [-0.05, 0) is 53.3 Å². The average molecular weight is 346 g/mol. The van der Waals surface area contributed by atoms with Gasteiger partial charge in [0, 0.05) is 17.2 Å². The van der Waals surface area contributed by atoms with E-state index in [0.717, 1.165) is 19.5 Å². The number of hydrogen-bond donors (Lipinski definition) is 1. The highest BCUT2D eigenvalue weighted by Gasteiger charge is 2.09. The van der Waals surface area contributed by atoms with Gasteiger partial charge in [-0.25, -0.2) is 0 Å². The second-order valence-corrected chi connectivity index (χ2v) is 5.26. The molecule has 1 aromatic rings. The van der Waals surface area contributed by atoms with Crippen molar-refractivity contribution >= 4 is 28.5 Å². The molecule has 0 fully saturated rings. The number of nitrogens with zero attached hydrogens (tertiary/aromatic N) is 1. The lowest BCUT2D eigenvalue weighted by Crippen LogP contribution is -2.35. The van der Waals surface area contributed by atoms with Crippen LogP contribution in [0, 0.1) is 3.57 Å². The highest BCUT2D eigenvalue weighted by atomic mass is 127. The number of nitrogens with one attached hydrogen (secondary N) is 1. The van der Waals surface area contributed by atoms with E-state index in [2.05, 4.69) is 64.0 Å². The molecule has 0 aliphatic rings. The van der Waals surface area contributed by atoms with Gasteiger partial charge in [-0.15, -0.1) is 0 Å². The highest BCUT2D eigenvalue weighted by Crippen LogP contribution is 2.09. The summed E-state index contributed by atoms with van der Waals surface area (Å²) in [6.07, 6.45) is 1.06. The normalized spacial score (nSPS) is 10.6. The zero-order valence-corrected chi connectivity index (χ0v) is 12.5. The Morgan fingerprint density at radius 3 is 2.53 bits per heavy atom. The fourth-order valence-corrected chi connectivity index (χ4v) is 2.02. The van der Waals surface area contributed by atoms with Crippen molar-refractivity contribution in [1.29, 1.82) is 0 Å². The number of carbonyl (C=O) groups is 1. The molecule has 0 atom stereocenters. The van der Waals surface area contributed by atoms with Crippen molar-refractivity contribution in [1.82, 2.24) is 10.2 Å². The number of amides is 1. The number of rotatable bonds is 6. The first-order chi connectivity index (χ1) is 8.15. The Hall–Kier alpha value is -0.620. The third-order valence-electron chi connectivity index (χ3n) is 2.51. The van der Waals surface area contributed by atoms with Gasteiger partial charge in [-0.1, -0.05) is 19.1 Å². The molecule has 0 aromatic heterocycles. The van der Waals surface area contributed by atoms with Crippen LogP contribution in [0.5, 0.6) is 0 Å². The lowest BCUT2D eigenvalue weighted by Gasteiger charge is -2.20. The van der Waals surface area contributed by atoms with Gasteiger partial charge >= 0.3 is 0 Å². The SMILES string of the molecule is CCCN(CC(=O)NC)Cc1ccc(I)cc1. The molecule has 0 saturated carbocycles. The standard InChI is InChI=1S/C13H19IN2O/c1-3-8-16(10-13(17)15-2)9-11-4-6-12(14)7-5-11/h4-7H,3,8-10H2,1-2H3,(H,15,17). The summed E-state index contributed by atoms with van der Waals surface area (Å²) >= 11 is 2.30. The molecule has 1 rings (SSSR count). The topological polar surface area (TPSA) is 32.3 Å². The first-order valence-corrected chi connectivity index (χ1v) is 6.91. The quantitative estimate of drug-likeness (QED) is 0.802. The molecule has 1 aromatic carbocycles. The summed E-state index contributed by atoms with van der Waals surface area (Å²) < 4.78 is 1.24. The monoisotopic (exact) mass is 346 g/mol. The third-order valence-corrected chi connectivity index (χ3v) is 3.22. The summed E-state index contributed by atoms with van der Waals surface area (Å²) in [4.78, 5) is 13.6. The second kappa shape index (κ2) is 7.66. The molecular formula is C13H19IN2O. The maximum atomic E-state index is 11.4. The van der Waals surface area contributed by atoms with Crippen LogP contribution in [-0.2, 0) is 11.3 Å². The molecule has 17 heavy (non-hydrogen) atoms. The number of carbonyl (C=O) groups excluding carboxylic acids is 1. The molecule has 94 valence electrons. The van der Waals surface area contributed by atoms with E-state index in [1.807, 2.05) is 0 Å². The number of halogens is 1. The van der Waals surface area contributed by atoms with Crippen molar-refractivity contribution in [2.75, 3.05) is 20.1 Å². The predicted octanol–water partition coefficient (Wildman–Crippen LogP) is 2.25. The number of likely N-dealkylation sites (N-methyl/N-ethyl adjacent to an activating group) is 1. The Morgan fingerprint density at radius 1 is 1.35 bits per heavy atom. The van der Waals surface area contributed by atoms with Gasteiger partial charge in [0.15, 0.2) is 0 Å². The van der Waals surface area contributed by atoms with Crippen molar-refractivity contribution in [2.24, 2.45) is 0 Å². The molecule has 0 saturated heterocycles. The molecule has 0 unspecified atom stereocenters. The van der Waals surface area contributed by atoms with E-state index in [9.17, 15) is 4.79 Å². The van der Waals surface area contributed by atoms with E-state index in [0.29, 0.717) is 6.54 Å². The third kappa shape index (κ3) is 5.50. The molecule has 3 nitrogen and oxygen atoms in total. The first-order valence-electron chi connectivity index (χ1n) is 5.83. The van der Waals surface area contributed by atoms with E-state index in [-0.39, 0.29) is 5.91 Å². The Balaban J connectivity index is 2.59. The van der Waals surface area contributed by atoms with Gasteiger partial charge in [-0.2, -0.15) is 0 Å². The van der Waals surface area contributed by atoms with Crippen molar-refractivity contribution in [2.45, 2.75) is 19.9 Å². The Morgan fingerprint density at radius 2 is 2.00 bits per heavy atom. The van der Waals surface area contributed by atoms with Crippen LogP contribution in [0.2, 0.25) is 0 Å². The van der Waals surface area contributed by atoms with Crippen LogP contribution in [0.1, 0.15) is 18.9 Å². The van der Waals surface area contributed by atoms with E-state index in [1.165, 1.54) is 9.13 Å². The van der Waals surface area contributed by atoms with Gasteiger partial charge in [0.1, 0.15) is 0 Å². The van der Waals surface area contributed by atoms with Crippen molar-refractivity contribution in [3.63, 3.8) is 0 Å². The van der Waals surface area contributed by atoms with Crippen molar-refractivity contribution < 1.29 is 4.79 Å². The average Bonchev–Trinajstić information content (AvgIpc) is 2.32. The van der Waals surface area contributed by atoms with Crippen LogP contribution in [0.3, 0.4) is 0 Å². The van der Waals surface area contributed by atoms with Crippen molar-refractivity contribution in [3.05, 3.63) is 33.4 Å². The van der Waals surface area contributed by atoms with Gasteiger partial charge in [-0.3, -0.25) is 9.69 Å². The fraction of sp³-hybridized carbons (Fsp3) is 0.462. The lowest BCUT2D eigenvalue weighted by atomic mass is 10.2. The molecule has 0 spiro atoms. The highest BCUT2D eigenvalue weighted by molar-refractivity contribution is 14.1. The number of hydrogen-bond acceptors (Lipinski definition) is 2. The Kier molecular flexibility index (Phi) is 6.50. The van der Waals surface area contributed by atoms with Gasteiger partial charge in [0.25, 0.3) is 0 Å². The smallest absolute Gasteiger partial charge is 0.233 e. The van der Waals surface area contributed by atoms with Crippen LogP contribution in [0.25, 0.3) is 0 Å². The van der Waals surface area contributed by atoms with Crippen LogP contribution >= 0.6 is 22.6 Å². The summed E-state index contributed by atoms with van der Waals surface area (Å²) in [6.45, 7) is 4.37. The minimum absolute atomic E-state index is 0.0731. The lowest BCUT2D eigenvalue weighted by molar-refractivity contribution is -0.121. The molecule has 0 heterocycles. The minimum Gasteiger partial charge on any atom is -0.358 e. The maximum Gasteiger partial charge on any atom is 0.233 e. The Labute approximate surface area is 117 Å². The first kappa shape index (κ1) is 14.4. The van der Waals surface area contributed by atoms with Crippen molar-refractivity contribution in [3.8, 4) is 0 Å². The largest absolute Gasteiger partial charge is 0.358 e. The molecule has 0 radical (unpaired) electrons. The molecule has 0 aliphatic carbocycles. The zero-order chi connectivity index (χ0) is 12.7. The van der Waals surface area contributed by atoms with Crippen LogP contribution < -0.4 is 5.32 Å². The van der Waals surface area contributed by atoms with Gasteiger partial charge < -0.3 is 5.32 Å². The summed E-state index contributed by atoms with van der Waals surface area (Å²) in [5, 5.41) is 2.67. The summed E-state index contributed by atoms with van der Waals surface area (Å²) in [7, 11) is 1.68.